The Bertz CT molecular complexity index is 1270. The molecule has 5 rings (SSSR count). The topological polar surface area (TPSA) is 59.4 Å². The van der Waals surface area contributed by atoms with Crippen molar-refractivity contribution in [3.05, 3.63) is 42.7 Å². The smallest absolute Gasteiger partial charge is 0.142 e. The summed E-state index contributed by atoms with van der Waals surface area (Å²) in [6, 6.07) is 3.54. The number of nitrogens with zero attached hydrogens (tertiary/aromatic N) is 4. The van der Waals surface area contributed by atoms with Gasteiger partial charge in [-0.25, -0.2) is 9.37 Å². The van der Waals surface area contributed by atoms with Gasteiger partial charge in [-0.1, -0.05) is 13.8 Å². The first-order chi connectivity index (χ1) is 12.1. The zero-order chi connectivity index (χ0) is 17.1. The van der Waals surface area contributed by atoms with Crippen LogP contribution in [-0.4, -0.2) is 24.7 Å². The third-order valence-electron chi connectivity index (χ3n) is 4.54. The van der Waals surface area contributed by atoms with Crippen LogP contribution in [0.25, 0.3) is 43.6 Å². The van der Waals surface area contributed by atoms with Crippen LogP contribution in [0.2, 0.25) is 0 Å². The Morgan fingerprint density at radius 3 is 2.80 bits per heavy atom. The molecule has 6 heteroatoms. The number of fused-ring (bicyclic) bond motifs is 5. The standard InChI is InChI=1S/C19H16FN5/c1-10(2)8-25-9-15-12-3-4-21-19-16(12)14(7-23-19)13-5-11(20)6-22-17(13)18(15)24-25/h3-7,9-10H,8H2,1-2H3,(H,21,23). The summed E-state index contributed by atoms with van der Waals surface area (Å²) in [5.41, 5.74) is 2.27. The average Bonchev–Trinajstić information content (AvgIpc) is 3.15. The van der Waals surface area contributed by atoms with Crippen molar-refractivity contribution in [2.75, 3.05) is 0 Å². The lowest BCUT2D eigenvalue weighted by Crippen LogP contribution is -2.04. The molecule has 5 nitrogen and oxygen atoms in total. The normalized spacial score (nSPS) is 12.3. The van der Waals surface area contributed by atoms with E-state index in [0.29, 0.717) is 11.4 Å². The third kappa shape index (κ3) is 2.03. The van der Waals surface area contributed by atoms with Crippen LogP contribution in [-0.2, 0) is 6.54 Å². The molecule has 0 fully saturated rings. The third-order valence-corrected chi connectivity index (χ3v) is 4.54. The van der Waals surface area contributed by atoms with Crippen molar-refractivity contribution < 1.29 is 4.39 Å². The van der Waals surface area contributed by atoms with E-state index in [1.165, 1.54) is 12.3 Å². The second kappa shape index (κ2) is 4.99. The Morgan fingerprint density at radius 2 is 1.96 bits per heavy atom. The van der Waals surface area contributed by atoms with Crippen LogP contribution in [0.15, 0.2) is 36.9 Å². The summed E-state index contributed by atoms with van der Waals surface area (Å²) in [5.74, 6) is 0.115. The molecule has 25 heavy (non-hydrogen) atoms. The van der Waals surface area contributed by atoms with Crippen LogP contribution in [0.1, 0.15) is 13.8 Å². The summed E-state index contributed by atoms with van der Waals surface area (Å²) in [6.07, 6.45) is 6.96. The molecule has 0 saturated heterocycles. The molecular formula is C19H16FN5. The van der Waals surface area contributed by atoms with Gasteiger partial charge in [-0.3, -0.25) is 9.67 Å². The fourth-order valence-corrected chi connectivity index (χ4v) is 3.58. The first-order valence-corrected chi connectivity index (χ1v) is 8.32. The lowest BCUT2D eigenvalue weighted by Gasteiger charge is -2.03. The first-order valence-electron chi connectivity index (χ1n) is 8.32. The minimum absolute atomic E-state index is 0.361. The van der Waals surface area contributed by atoms with Crippen molar-refractivity contribution in [1.29, 1.82) is 0 Å². The maximum absolute atomic E-state index is 13.9. The zero-order valence-electron chi connectivity index (χ0n) is 13.9. The molecule has 1 N–H and O–H groups in total. The molecule has 0 aliphatic rings. The van der Waals surface area contributed by atoms with Crippen molar-refractivity contribution >= 4 is 43.6 Å². The molecule has 124 valence electrons. The number of H-pyrrole nitrogens is 1. The van der Waals surface area contributed by atoms with Gasteiger partial charge in [0.05, 0.1) is 11.7 Å². The molecule has 0 aliphatic heterocycles. The van der Waals surface area contributed by atoms with E-state index in [9.17, 15) is 4.39 Å². The monoisotopic (exact) mass is 333 g/mol. The lowest BCUT2D eigenvalue weighted by molar-refractivity contribution is 0.486. The number of aromatic nitrogens is 5. The van der Waals surface area contributed by atoms with Crippen molar-refractivity contribution in [2.24, 2.45) is 5.92 Å². The number of aromatic amines is 1. The van der Waals surface area contributed by atoms with Gasteiger partial charge < -0.3 is 4.98 Å². The Balaban J connectivity index is 2.08. The van der Waals surface area contributed by atoms with Gasteiger partial charge >= 0.3 is 0 Å². The SMILES string of the molecule is CC(C)Cn1cc2c3cc[nH]c4ncc(c5cc(F)cnc5c2n1)c43. The summed E-state index contributed by atoms with van der Waals surface area (Å²) >= 11 is 0. The number of hydrogen-bond donors (Lipinski definition) is 1. The molecule has 0 amide bonds. The van der Waals surface area contributed by atoms with E-state index in [0.717, 1.165) is 44.6 Å². The molecule has 0 bridgehead atoms. The van der Waals surface area contributed by atoms with Gasteiger partial charge in [0.15, 0.2) is 0 Å². The minimum Gasteiger partial charge on any atom is -0.346 e. The molecule has 1 aromatic carbocycles. The quantitative estimate of drug-likeness (QED) is 0.520. The predicted molar refractivity (Wildman–Crippen MR) is 97.0 cm³/mol. The van der Waals surface area contributed by atoms with Crippen LogP contribution < -0.4 is 0 Å². The van der Waals surface area contributed by atoms with Crippen molar-refractivity contribution in [3.63, 3.8) is 0 Å². The van der Waals surface area contributed by atoms with Gasteiger partial charge in [0.2, 0.25) is 0 Å². The highest BCUT2D eigenvalue weighted by Gasteiger charge is 2.16. The lowest BCUT2D eigenvalue weighted by atomic mass is 10.1. The van der Waals surface area contributed by atoms with E-state index in [1.807, 2.05) is 16.9 Å². The Morgan fingerprint density at radius 1 is 1.08 bits per heavy atom. The van der Waals surface area contributed by atoms with E-state index >= 15 is 0 Å². The van der Waals surface area contributed by atoms with E-state index in [4.69, 9.17) is 5.10 Å². The Labute approximate surface area is 142 Å². The summed E-state index contributed by atoms with van der Waals surface area (Å²) in [4.78, 5) is 12.0. The fraction of sp³-hybridized carbons (Fsp3) is 0.211. The molecule has 0 saturated carbocycles. The van der Waals surface area contributed by atoms with E-state index in [2.05, 4.69) is 35.0 Å². The summed E-state index contributed by atoms with van der Waals surface area (Å²) in [6.45, 7) is 5.13. The first kappa shape index (κ1) is 14.3. The second-order valence-corrected chi connectivity index (χ2v) is 6.84. The number of halogens is 1. The Kier molecular flexibility index (Phi) is 2.86. The van der Waals surface area contributed by atoms with Crippen LogP contribution in [0.5, 0.6) is 0 Å². The molecule has 0 spiro atoms. The minimum atomic E-state index is -0.361. The van der Waals surface area contributed by atoms with E-state index < -0.39 is 0 Å². The number of nitrogens with one attached hydrogen (secondary N) is 1. The molecular weight excluding hydrogens is 317 g/mol. The van der Waals surface area contributed by atoms with Crippen LogP contribution in [0.3, 0.4) is 0 Å². The second-order valence-electron chi connectivity index (χ2n) is 6.84. The van der Waals surface area contributed by atoms with Crippen molar-refractivity contribution in [2.45, 2.75) is 20.4 Å². The maximum Gasteiger partial charge on any atom is 0.142 e. The Hall–Kier alpha value is -3.02. The van der Waals surface area contributed by atoms with E-state index in [-0.39, 0.29) is 5.82 Å². The molecule has 4 aromatic heterocycles. The number of pyridine rings is 2. The molecule has 0 radical (unpaired) electrons. The summed E-state index contributed by atoms with van der Waals surface area (Å²) < 4.78 is 15.9. The molecule has 0 atom stereocenters. The number of hydrogen-bond acceptors (Lipinski definition) is 3. The molecule has 0 unspecified atom stereocenters. The highest BCUT2D eigenvalue weighted by molar-refractivity contribution is 6.26. The van der Waals surface area contributed by atoms with Gasteiger partial charge in [0.1, 0.15) is 17.0 Å². The molecule has 4 heterocycles. The zero-order valence-corrected chi connectivity index (χ0v) is 13.9. The van der Waals surface area contributed by atoms with Crippen molar-refractivity contribution in [1.82, 2.24) is 24.7 Å². The van der Waals surface area contributed by atoms with Gasteiger partial charge in [0.25, 0.3) is 0 Å². The van der Waals surface area contributed by atoms with Crippen LogP contribution in [0.4, 0.5) is 4.39 Å². The van der Waals surface area contributed by atoms with E-state index in [1.54, 1.807) is 6.20 Å². The predicted octanol–water partition coefficient (Wildman–Crippen LogP) is 4.41. The molecule has 0 aliphatic carbocycles. The van der Waals surface area contributed by atoms with Gasteiger partial charge in [0, 0.05) is 46.7 Å². The highest BCUT2D eigenvalue weighted by Crippen LogP contribution is 2.35. The van der Waals surface area contributed by atoms with Gasteiger partial charge in [-0.2, -0.15) is 5.10 Å². The number of rotatable bonds is 2. The average molecular weight is 333 g/mol. The largest absolute Gasteiger partial charge is 0.346 e. The van der Waals surface area contributed by atoms with Crippen molar-refractivity contribution in [3.8, 4) is 0 Å². The maximum atomic E-state index is 13.9. The van der Waals surface area contributed by atoms with Crippen LogP contribution in [0, 0.1) is 11.7 Å². The summed E-state index contributed by atoms with van der Waals surface area (Å²) in [7, 11) is 0. The fourth-order valence-electron chi connectivity index (χ4n) is 3.58. The highest BCUT2D eigenvalue weighted by atomic mass is 19.1. The van der Waals surface area contributed by atoms with Gasteiger partial charge in [-0.15, -0.1) is 0 Å². The summed E-state index contributed by atoms with van der Waals surface area (Å²) in [5, 5.41) is 9.43. The van der Waals surface area contributed by atoms with Gasteiger partial charge in [-0.05, 0) is 23.4 Å². The molecule has 5 aromatic rings. The van der Waals surface area contributed by atoms with Crippen LogP contribution >= 0.6 is 0 Å².